The van der Waals surface area contributed by atoms with Crippen molar-refractivity contribution in [3.05, 3.63) is 22.3 Å². The Bertz CT molecular complexity index is 1180. The lowest BCUT2D eigenvalue weighted by Crippen LogP contribution is -2.40. The number of rotatable bonds is 9. The second-order valence-corrected chi connectivity index (χ2v) is 12.5. The number of nitrogens with zero attached hydrogens (tertiary/aromatic N) is 2. The molecule has 3 N–H and O–H groups in total. The van der Waals surface area contributed by atoms with Gasteiger partial charge in [0.2, 0.25) is 11.9 Å². The number of piperidine rings is 1. The summed E-state index contributed by atoms with van der Waals surface area (Å²) in [6.45, 7) is 12.9. The van der Waals surface area contributed by atoms with Crippen LogP contribution in [0, 0.1) is 26.7 Å². The number of nitrogens with two attached hydrogens (primary N) is 1. The minimum atomic E-state index is -3.93. The van der Waals surface area contributed by atoms with E-state index in [1.807, 2.05) is 32.6 Å². The van der Waals surface area contributed by atoms with Crippen LogP contribution in [0.25, 0.3) is 0 Å². The van der Waals surface area contributed by atoms with E-state index in [2.05, 4.69) is 9.71 Å². The van der Waals surface area contributed by atoms with Crippen molar-refractivity contribution in [2.45, 2.75) is 97.0 Å². The summed E-state index contributed by atoms with van der Waals surface area (Å²) in [5.74, 6) is 1.07. The van der Waals surface area contributed by atoms with Crippen LogP contribution < -0.4 is 15.2 Å². The van der Waals surface area contributed by atoms with E-state index in [4.69, 9.17) is 10.5 Å². The molecule has 2 aliphatic heterocycles. The first-order valence-corrected chi connectivity index (χ1v) is 14.7. The minimum Gasteiger partial charge on any atom is -0.487 e. The van der Waals surface area contributed by atoms with Gasteiger partial charge in [-0.3, -0.25) is 14.6 Å². The van der Waals surface area contributed by atoms with Crippen molar-refractivity contribution >= 4 is 27.7 Å². The number of fused-ring (bicyclic) bond motifs is 1. The van der Waals surface area contributed by atoms with Gasteiger partial charge in [0.05, 0.1) is 4.90 Å². The first kappa shape index (κ1) is 28.9. The van der Waals surface area contributed by atoms with Gasteiger partial charge in [-0.15, -0.1) is 0 Å². The Balaban J connectivity index is 1.52. The van der Waals surface area contributed by atoms with Crippen molar-refractivity contribution in [3.63, 3.8) is 0 Å². The summed E-state index contributed by atoms with van der Waals surface area (Å²) in [4.78, 5) is 30.6. The molecule has 0 atom stereocenters. The number of aliphatic imine (C=N–C) groups is 1. The first-order chi connectivity index (χ1) is 17.3. The van der Waals surface area contributed by atoms with E-state index in [0.29, 0.717) is 62.9 Å². The number of benzene rings is 1. The van der Waals surface area contributed by atoms with Gasteiger partial charge in [-0.2, -0.15) is 0 Å². The van der Waals surface area contributed by atoms with Gasteiger partial charge in [0.25, 0.3) is 10.0 Å². The molecule has 0 spiro atoms. The van der Waals surface area contributed by atoms with Gasteiger partial charge in [-0.1, -0.05) is 6.92 Å². The zero-order chi connectivity index (χ0) is 27.5. The molecular formula is C27H42N4O5S. The quantitative estimate of drug-likeness (QED) is 0.284. The van der Waals surface area contributed by atoms with Crippen LogP contribution in [0.5, 0.6) is 5.75 Å². The molecular weight excluding hydrogens is 492 g/mol. The maximum Gasteiger partial charge on any atom is 0.264 e. The van der Waals surface area contributed by atoms with Crippen molar-refractivity contribution in [2.24, 2.45) is 16.6 Å². The fourth-order valence-electron chi connectivity index (χ4n) is 5.35. The molecule has 1 amide bonds. The Kier molecular flexibility index (Phi) is 8.93. The topological polar surface area (TPSA) is 131 Å². The maximum absolute atomic E-state index is 13.3. The fraction of sp³-hybridized carbons (Fsp3) is 0.667. The average Bonchev–Trinajstić information content (AvgIpc) is 3.17. The van der Waals surface area contributed by atoms with Crippen molar-refractivity contribution in [1.82, 2.24) is 9.62 Å². The molecule has 1 aromatic carbocycles. The highest BCUT2D eigenvalue weighted by atomic mass is 32.2. The second kappa shape index (κ2) is 11.4. The van der Waals surface area contributed by atoms with Crippen LogP contribution in [-0.4, -0.2) is 56.2 Å². The molecule has 37 heavy (non-hydrogen) atoms. The number of ketones is 1. The third-order valence-corrected chi connectivity index (χ3v) is 9.16. The number of hydrogen-bond donors (Lipinski definition) is 2. The summed E-state index contributed by atoms with van der Waals surface area (Å²) < 4.78 is 35.0. The van der Waals surface area contributed by atoms with Gasteiger partial charge >= 0.3 is 0 Å². The highest BCUT2D eigenvalue weighted by Gasteiger charge is 2.36. The van der Waals surface area contributed by atoms with Gasteiger partial charge in [0.15, 0.2) is 0 Å². The molecule has 2 aliphatic rings. The van der Waals surface area contributed by atoms with Gasteiger partial charge in [0, 0.05) is 50.4 Å². The van der Waals surface area contributed by atoms with E-state index in [-0.39, 0.29) is 34.1 Å². The van der Waals surface area contributed by atoms with Gasteiger partial charge < -0.3 is 15.4 Å². The Labute approximate surface area is 221 Å². The summed E-state index contributed by atoms with van der Waals surface area (Å²) in [6.07, 6.45) is 4.32. The molecule has 1 saturated heterocycles. The van der Waals surface area contributed by atoms with E-state index in [1.165, 1.54) is 0 Å². The Hall–Kier alpha value is -2.62. The smallest absolute Gasteiger partial charge is 0.264 e. The zero-order valence-corrected chi connectivity index (χ0v) is 23.9. The molecule has 1 aromatic rings. The summed E-state index contributed by atoms with van der Waals surface area (Å²) in [5, 5.41) is 0. The summed E-state index contributed by atoms with van der Waals surface area (Å²) >= 11 is 0. The highest BCUT2D eigenvalue weighted by molar-refractivity contribution is 7.90. The van der Waals surface area contributed by atoms with Crippen molar-refractivity contribution in [2.75, 3.05) is 19.6 Å². The number of nitrogens with one attached hydrogen (secondary N) is 1. The number of amides is 1. The monoisotopic (exact) mass is 534 g/mol. The molecule has 9 nitrogen and oxygen atoms in total. The first-order valence-electron chi connectivity index (χ1n) is 13.2. The molecule has 0 saturated carbocycles. The van der Waals surface area contributed by atoms with Gasteiger partial charge in [0.1, 0.15) is 17.1 Å². The SMILES string of the molecule is CCC(=O)C1CCN(C(=O)CCCCN=C(N)NS(=O)(=O)c2c(C)c(C)c3c(c2C)CC(C)(C)O3)CC1. The molecule has 206 valence electrons. The lowest BCUT2D eigenvalue weighted by Gasteiger charge is -2.31. The summed E-state index contributed by atoms with van der Waals surface area (Å²) in [6, 6.07) is 0. The predicted octanol–water partition coefficient (Wildman–Crippen LogP) is 3.31. The van der Waals surface area contributed by atoms with Crippen molar-refractivity contribution in [3.8, 4) is 5.75 Å². The van der Waals surface area contributed by atoms with Gasteiger partial charge in [-0.05, 0) is 77.0 Å². The van der Waals surface area contributed by atoms with Crippen LogP contribution in [0.1, 0.15) is 81.5 Å². The van der Waals surface area contributed by atoms with Crippen LogP contribution in [0.15, 0.2) is 9.89 Å². The standard InChI is InChI=1S/C27H42N4O5S/c1-7-22(32)20-11-14-31(15-12-20)23(33)10-8-9-13-29-26(28)30-37(34,35)25-18(3)17(2)24-21(19(25)4)16-27(5,6)36-24/h20H,7-16H2,1-6H3,(H3,28,29,30). The molecule has 0 aliphatic carbocycles. The number of likely N-dealkylation sites (tertiary alicyclic amines) is 1. The van der Waals surface area contributed by atoms with E-state index in [9.17, 15) is 18.0 Å². The predicted molar refractivity (Wildman–Crippen MR) is 144 cm³/mol. The minimum absolute atomic E-state index is 0.0867. The molecule has 3 rings (SSSR count). The van der Waals surface area contributed by atoms with E-state index in [0.717, 1.165) is 29.7 Å². The molecule has 10 heteroatoms. The van der Waals surface area contributed by atoms with E-state index >= 15 is 0 Å². The number of sulfonamides is 1. The number of ether oxygens (including phenoxy) is 1. The largest absolute Gasteiger partial charge is 0.487 e. The average molecular weight is 535 g/mol. The maximum atomic E-state index is 13.3. The number of guanidine groups is 1. The van der Waals surface area contributed by atoms with Crippen molar-refractivity contribution < 1.29 is 22.7 Å². The van der Waals surface area contributed by atoms with Crippen LogP contribution in [0.3, 0.4) is 0 Å². The van der Waals surface area contributed by atoms with E-state index < -0.39 is 10.0 Å². The third kappa shape index (κ3) is 6.64. The summed E-state index contributed by atoms with van der Waals surface area (Å²) in [7, 11) is -3.93. The Morgan fingerprint density at radius 3 is 2.38 bits per heavy atom. The number of hydrogen-bond acceptors (Lipinski definition) is 6. The summed E-state index contributed by atoms with van der Waals surface area (Å²) in [5.41, 5.74) is 8.58. The lowest BCUT2D eigenvalue weighted by molar-refractivity contribution is -0.135. The molecule has 0 radical (unpaired) electrons. The molecule has 0 bridgehead atoms. The zero-order valence-electron chi connectivity index (χ0n) is 23.1. The number of unbranched alkanes of at least 4 members (excludes halogenated alkanes) is 1. The highest BCUT2D eigenvalue weighted by Crippen LogP contribution is 2.43. The Morgan fingerprint density at radius 1 is 1.11 bits per heavy atom. The van der Waals surface area contributed by atoms with Gasteiger partial charge in [-0.25, -0.2) is 13.1 Å². The second-order valence-electron chi connectivity index (χ2n) is 10.9. The lowest BCUT2D eigenvalue weighted by atomic mass is 9.91. The van der Waals surface area contributed by atoms with Crippen LogP contribution in [-0.2, 0) is 26.0 Å². The normalized spacial score (nSPS) is 17.9. The number of carbonyl (C=O) groups excluding carboxylic acids is 2. The third-order valence-electron chi connectivity index (χ3n) is 7.53. The van der Waals surface area contributed by atoms with Crippen LogP contribution in [0.2, 0.25) is 0 Å². The van der Waals surface area contributed by atoms with E-state index in [1.54, 1.807) is 13.8 Å². The molecule has 0 aromatic heterocycles. The molecule has 1 fully saturated rings. The van der Waals surface area contributed by atoms with Crippen LogP contribution >= 0.6 is 0 Å². The van der Waals surface area contributed by atoms with Crippen molar-refractivity contribution in [1.29, 1.82) is 0 Å². The number of carbonyl (C=O) groups is 2. The Morgan fingerprint density at radius 2 is 1.76 bits per heavy atom. The van der Waals surface area contributed by atoms with Crippen LogP contribution in [0.4, 0.5) is 0 Å². The fourth-order valence-corrected chi connectivity index (χ4v) is 6.88. The molecule has 2 heterocycles. The molecule has 0 unspecified atom stereocenters. The number of Topliss-reactive ketones (excluding diaryl/α,β-unsaturated/α-hetero) is 1.